The van der Waals surface area contributed by atoms with Crippen LogP contribution in [0.2, 0.25) is 0 Å². The number of fused-ring (bicyclic) bond motifs is 5. The van der Waals surface area contributed by atoms with Crippen LogP contribution in [0.1, 0.15) is 48.7 Å². The number of Topliss-reactive ketones (excluding diaryl/α,β-unsaturated/α-hetero) is 1. The molecule has 47 heavy (non-hydrogen) atoms. The predicted molar refractivity (Wildman–Crippen MR) is 190 cm³/mol. The van der Waals surface area contributed by atoms with E-state index in [2.05, 4.69) is 45.6 Å². The number of carbonyl (C=O) groups is 3. The molecule has 1 aliphatic carbocycles. The third-order valence-electron chi connectivity index (χ3n) is 7.75. The fourth-order valence-corrected chi connectivity index (χ4v) is 5.44. The van der Waals surface area contributed by atoms with E-state index in [9.17, 15) is 14.4 Å². The first-order chi connectivity index (χ1) is 22.2. The van der Waals surface area contributed by atoms with E-state index in [1.807, 2.05) is 79.0 Å². The molecule has 0 fully saturated rings. The molecule has 0 radical (unpaired) electrons. The lowest BCUT2D eigenvalue weighted by atomic mass is 9.98. The number of halogens is 1. The molecule has 8 nitrogen and oxygen atoms in total. The molecule has 0 bridgehead atoms. The van der Waals surface area contributed by atoms with E-state index < -0.39 is 23.4 Å². The van der Waals surface area contributed by atoms with E-state index in [0.29, 0.717) is 5.56 Å². The van der Waals surface area contributed by atoms with Crippen LogP contribution in [-0.4, -0.2) is 45.8 Å². The maximum absolute atomic E-state index is 11.8. The van der Waals surface area contributed by atoms with Gasteiger partial charge in [0, 0.05) is 40.3 Å². The number of aromatic nitrogens is 2. The molecular weight excluding hydrogens is 612 g/mol. The Hall–Kier alpha value is -5.18. The predicted octanol–water partition coefficient (Wildman–Crippen LogP) is 8.18. The van der Waals surface area contributed by atoms with Crippen LogP contribution in [-0.2, 0) is 9.53 Å². The summed E-state index contributed by atoms with van der Waals surface area (Å²) in [6.07, 6.45) is 3.02. The van der Waals surface area contributed by atoms with E-state index in [4.69, 9.17) is 22.1 Å². The number of benzene rings is 4. The highest BCUT2D eigenvalue weighted by molar-refractivity contribution is 6.64. The van der Waals surface area contributed by atoms with Crippen molar-refractivity contribution in [3.63, 3.8) is 0 Å². The van der Waals surface area contributed by atoms with Gasteiger partial charge >= 0.3 is 6.09 Å². The van der Waals surface area contributed by atoms with Crippen molar-refractivity contribution in [3.05, 3.63) is 132 Å². The molecule has 2 aromatic heterocycles. The molecule has 0 saturated heterocycles. The average Bonchev–Trinajstić information content (AvgIpc) is 3.80. The maximum atomic E-state index is 11.8. The molecule has 242 valence electrons. The zero-order valence-corrected chi connectivity index (χ0v) is 26.3. The van der Waals surface area contributed by atoms with Crippen LogP contribution in [0, 0.1) is 0 Å². The van der Waals surface area contributed by atoms with Gasteiger partial charge in [-0.05, 0) is 71.3 Å². The van der Waals surface area contributed by atoms with Crippen molar-refractivity contribution in [2.45, 2.75) is 39.3 Å². The number of nitrogens with one attached hydrogen (secondary N) is 3. The van der Waals surface area contributed by atoms with Crippen molar-refractivity contribution >= 4 is 50.5 Å². The molecule has 1 aliphatic rings. The molecule has 0 saturated carbocycles. The summed E-state index contributed by atoms with van der Waals surface area (Å²) in [6.45, 7) is 3.42. The Morgan fingerprint density at radius 1 is 0.809 bits per heavy atom. The topological polar surface area (TPSA) is 130 Å². The number of ether oxygens (including phenoxy) is 1. The van der Waals surface area contributed by atoms with E-state index in [1.54, 1.807) is 13.1 Å². The van der Waals surface area contributed by atoms with Gasteiger partial charge in [-0.1, -0.05) is 92.4 Å². The molecule has 0 unspecified atom stereocenters. The van der Waals surface area contributed by atoms with Gasteiger partial charge < -0.3 is 25.8 Å². The van der Waals surface area contributed by atoms with Gasteiger partial charge in [-0.3, -0.25) is 9.59 Å². The largest absolute Gasteiger partial charge is 0.449 e. The summed E-state index contributed by atoms with van der Waals surface area (Å²) in [5.41, 5.74) is 13.0. The number of hydrogen-bond donors (Lipinski definition) is 4. The number of ketones is 1. The summed E-state index contributed by atoms with van der Waals surface area (Å²) in [7, 11) is 0. The van der Waals surface area contributed by atoms with Crippen LogP contribution in [0.5, 0.6) is 0 Å². The Morgan fingerprint density at radius 2 is 1.38 bits per heavy atom. The Balaban J connectivity index is 0.000000176. The van der Waals surface area contributed by atoms with Crippen LogP contribution in [0.3, 0.4) is 0 Å². The van der Waals surface area contributed by atoms with Crippen molar-refractivity contribution in [2.75, 3.05) is 6.61 Å². The van der Waals surface area contributed by atoms with Gasteiger partial charge in [-0.25, -0.2) is 4.79 Å². The Morgan fingerprint density at radius 3 is 2.00 bits per heavy atom. The van der Waals surface area contributed by atoms with Crippen LogP contribution in [0.25, 0.3) is 32.9 Å². The van der Waals surface area contributed by atoms with Gasteiger partial charge in [0.05, 0.1) is 6.04 Å². The SMILES string of the molecule is C.C[C@H](N)C(=O)c1c[nH]c2ccccc12.C[C@H](NC(=O)OCC1c2ccccc2-c2ccccc21)C(=O)Cl.c1ccc2[nH]ccc2c1. The molecular formula is C38H39ClN4O4. The second-order valence-corrected chi connectivity index (χ2v) is 11.3. The number of alkyl carbamates (subject to hydrolysis) is 1. The zero-order chi connectivity index (χ0) is 32.6. The minimum absolute atomic E-state index is 0. The third kappa shape index (κ3) is 8.16. The lowest BCUT2D eigenvalue weighted by Gasteiger charge is -2.15. The number of H-pyrrole nitrogens is 2. The Bertz CT molecular complexity index is 1900. The smallest absolute Gasteiger partial charge is 0.407 e. The fraction of sp³-hybridized carbons (Fsp3) is 0.184. The van der Waals surface area contributed by atoms with Gasteiger partial charge in [0.1, 0.15) is 12.6 Å². The highest BCUT2D eigenvalue weighted by Gasteiger charge is 2.29. The summed E-state index contributed by atoms with van der Waals surface area (Å²) in [6, 6.07) is 33.0. The van der Waals surface area contributed by atoms with Crippen molar-refractivity contribution in [1.82, 2.24) is 15.3 Å². The molecule has 6 aromatic rings. The van der Waals surface area contributed by atoms with Crippen molar-refractivity contribution < 1.29 is 19.1 Å². The molecule has 7 rings (SSSR count). The summed E-state index contributed by atoms with van der Waals surface area (Å²) >= 11 is 5.32. The van der Waals surface area contributed by atoms with Crippen LogP contribution >= 0.6 is 11.6 Å². The normalized spacial score (nSPS) is 12.6. The number of para-hydroxylation sites is 2. The van der Waals surface area contributed by atoms with Crippen molar-refractivity contribution in [2.24, 2.45) is 5.73 Å². The van der Waals surface area contributed by atoms with Crippen LogP contribution < -0.4 is 11.1 Å². The number of hydrogen-bond acceptors (Lipinski definition) is 5. The summed E-state index contributed by atoms with van der Waals surface area (Å²) in [5.74, 6) is -0.0300. The second kappa shape index (κ2) is 15.9. The molecule has 2 heterocycles. The van der Waals surface area contributed by atoms with Gasteiger partial charge in [0.15, 0.2) is 5.78 Å². The fourth-order valence-electron chi connectivity index (χ4n) is 5.39. The zero-order valence-electron chi connectivity index (χ0n) is 25.5. The third-order valence-corrected chi connectivity index (χ3v) is 8.08. The van der Waals surface area contributed by atoms with Gasteiger partial charge in [0.25, 0.3) is 0 Å². The molecule has 2 atom stereocenters. The first-order valence-electron chi connectivity index (χ1n) is 14.9. The number of aromatic amines is 2. The Labute approximate surface area is 279 Å². The summed E-state index contributed by atoms with van der Waals surface area (Å²) in [5, 5.41) is 4.00. The molecule has 0 spiro atoms. The quantitative estimate of drug-likeness (QED) is 0.107. The maximum Gasteiger partial charge on any atom is 0.407 e. The van der Waals surface area contributed by atoms with Crippen LogP contribution in [0.4, 0.5) is 4.79 Å². The molecule has 1 amide bonds. The van der Waals surface area contributed by atoms with E-state index in [0.717, 1.165) is 22.0 Å². The molecule has 9 heteroatoms. The van der Waals surface area contributed by atoms with Gasteiger partial charge in [0.2, 0.25) is 5.24 Å². The van der Waals surface area contributed by atoms with Gasteiger partial charge in [-0.15, -0.1) is 0 Å². The van der Waals surface area contributed by atoms with Crippen molar-refractivity contribution in [1.29, 1.82) is 0 Å². The van der Waals surface area contributed by atoms with Gasteiger partial charge in [-0.2, -0.15) is 0 Å². The van der Waals surface area contributed by atoms with E-state index >= 15 is 0 Å². The lowest BCUT2D eigenvalue weighted by Crippen LogP contribution is -2.37. The second-order valence-electron chi connectivity index (χ2n) is 11.0. The standard InChI is InChI=1S/C18H16ClNO3.C11H12N2O.C8H7N.CH4/c1-11(17(19)21)20-18(22)23-10-16-14-8-4-2-6-12(14)13-7-3-5-9-15(13)16;1-7(12)11(14)9-6-13-10-5-3-2-4-8(9)10;1-2-4-8-7(3-1)5-6-9-8;/h2-9,11,16H,10H2,1H3,(H,20,22);2-7,13H,12H2,1H3;1-6,9H;1H4/t11-;7-;;/m00../s1. The van der Waals surface area contributed by atoms with E-state index in [-0.39, 0.29) is 25.7 Å². The number of rotatable bonds is 6. The highest BCUT2D eigenvalue weighted by Crippen LogP contribution is 2.44. The minimum atomic E-state index is -0.771. The van der Waals surface area contributed by atoms with Crippen LogP contribution in [0.15, 0.2) is 116 Å². The van der Waals surface area contributed by atoms with Crippen molar-refractivity contribution in [3.8, 4) is 11.1 Å². The molecule has 0 aliphatic heterocycles. The monoisotopic (exact) mass is 650 g/mol. The number of nitrogens with two attached hydrogens (primary N) is 1. The number of amides is 1. The first-order valence-corrected chi connectivity index (χ1v) is 15.3. The first kappa shape index (κ1) is 34.7. The number of carbonyl (C=O) groups excluding carboxylic acids is 3. The average molecular weight is 651 g/mol. The molecule has 4 aromatic carbocycles. The summed E-state index contributed by atoms with van der Waals surface area (Å²) < 4.78 is 5.30. The lowest BCUT2D eigenvalue weighted by molar-refractivity contribution is -0.113. The summed E-state index contributed by atoms with van der Waals surface area (Å²) in [4.78, 5) is 40.6. The molecule has 5 N–H and O–H groups in total. The highest BCUT2D eigenvalue weighted by atomic mass is 35.5. The Kier molecular flexibility index (Phi) is 11.7. The van der Waals surface area contributed by atoms with E-state index in [1.165, 1.54) is 29.0 Å². The minimum Gasteiger partial charge on any atom is -0.449 e.